The number of hydrogen-bond acceptors (Lipinski definition) is 8. The number of carbonyl (C=O) groups excluding carboxylic acids is 1. The van der Waals surface area contributed by atoms with Gasteiger partial charge in [-0.1, -0.05) is 18.3 Å². The SMILES string of the molecule is CCS(=O)(=O)c1cc(C2(C#N)CC2)cnc1C(=O)N(C)c1nnc(C(F)(F)F)s1. The molecule has 2 aromatic heterocycles. The van der Waals surface area contributed by atoms with Crippen LogP contribution in [0.5, 0.6) is 0 Å². The molecule has 0 radical (unpaired) electrons. The summed E-state index contributed by atoms with van der Waals surface area (Å²) in [4.78, 5) is 17.2. The van der Waals surface area contributed by atoms with Gasteiger partial charge in [-0.15, -0.1) is 10.2 Å². The highest BCUT2D eigenvalue weighted by Crippen LogP contribution is 2.48. The second-order valence-corrected chi connectivity index (χ2v) is 9.62. The molecule has 0 atom stereocenters. The third kappa shape index (κ3) is 3.82. The molecule has 2 aromatic rings. The van der Waals surface area contributed by atoms with Crippen LogP contribution in [0.15, 0.2) is 17.2 Å². The molecule has 1 saturated carbocycles. The summed E-state index contributed by atoms with van der Waals surface area (Å²) in [5.41, 5.74) is -0.878. The Kier molecular flexibility index (Phi) is 5.12. The van der Waals surface area contributed by atoms with Crippen LogP contribution in [0.1, 0.15) is 40.8 Å². The molecule has 0 aromatic carbocycles. The molecule has 29 heavy (non-hydrogen) atoms. The van der Waals surface area contributed by atoms with Crippen molar-refractivity contribution >= 4 is 32.2 Å². The van der Waals surface area contributed by atoms with Crippen LogP contribution in [-0.2, 0) is 21.4 Å². The number of nitriles is 1. The highest BCUT2D eigenvalue weighted by Gasteiger charge is 2.46. The Morgan fingerprint density at radius 1 is 1.38 bits per heavy atom. The molecular weight excluding hydrogens is 431 g/mol. The number of amides is 1. The average molecular weight is 445 g/mol. The highest BCUT2D eigenvalue weighted by atomic mass is 32.2. The Balaban J connectivity index is 2.04. The summed E-state index contributed by atoms with van der Waals surface area (Å²) in [5, 5.41) is 14.1. The summed E-state index contributed by atoms with van der Waals surface area (Å²) in [5.74, 6) is -1.27. The summed E-state index contributed by atoms with van der Waals surface area (Å²) in [6, 6.07) is 3.38. The van der Waals surface area contributed by atoms with Crippen molar-refractivity contribution in [2.75, 3.05) is 17.7 Å². The lowest BCUT2D eigenvalue weighted by atomic mass is 9.99. The maximum atomic E-state index is 12.8. The van der Waals surface area contributed by atoms with Crippen LogP contribution in [0.4, 0.5) is 18.3 Å². The molecule has 0 aliphatic heterocycles. The number of carbonyl (C=O) groups is 1. The smallest absolute Gasteiger partial charge is 0.284 e. The minimum Gasteiger partial charge on any atom is -0.284 e. The molecule has 0 saturated heterocycles. The Bertz CT molecular complexity index is 1120. The molecule has 8 nitrogen and oxygen atoms in total. The van der Waals surface area contributed by atoms with Gasteiger partial charge in [-0.3, -0.25) is 9.69 Å². The molecule has 1 fully saturated rings. The third-order valence-electron chi connectivity index (χ3n) is 4.54. The van der Waals surface area contributed by atoms with Gasteiger partial charge in [-0.25, -0.2) is 13.4 Å². The Morgan fingerprint density at radius 3 is 2.52 bits per heavy atom. The molecule has 1 amide bonds. The highest BCUT2D eigenvalue weighted by molar-refractivity contribution is 7.91. The summed E-state index contributed by atoms with van der Waals surface area (Å²) in [6.07, 6.45) is -2.36. The van der Waals surface area contributed by atoms with Gasteiger partial charge in [0.15, 0.2) is 9.84 Å². The van der Waals surface area contributed by atoms with Gasteiger partial charge >= 0.3 is 6.18 Å². The maximum absolute atomic E-state index is 12.8. The van der Waals surface area contributed by atoms with Crippen molar-refractivity contribution in [3.63, 3.8) is 0 Å². The van der Waals surface area contributed by atoms with Crippen LogP contribution < -0.4 is 4.90 Å². The third-order valence-corrected chi connectivity index (χ3v) is 7.32. The molecule has 0 spiro atoms. The van der Waals surface area contributed by atoms with Gasteiger partial charge in [0, 0.05) is 13.2 Å². The second kappa shape index (κ2) is 7.03. The fourth-order valence-electron chi connectivity index (χ4n) is 2.56. The summed E-state index contributed by atoms with van der Waals surface area (Å²) in [7, 11) is -2.75. The van der Waals surface area contributed by atoms with E-state index in [-0.39, 0.29) is 27.1 Å². The van der Waals surface area contributed by atoms with Gasteiger partial charge < -0.3 is 0 Å². The van der Waals surface area contributed by atoms with E-state index in [0.717, 1.165) is 11.9 Å². The van der Waals surface area contributed by atoms with Crippen molar-refractivity contribution in [2.24, 2.45) is 0 Å². The van der Waals surface area contributed by atoms with Crippen molar-refractivity contribution < 1.29 is 26.4 Å². The average Bonchev–Trinajstić information content (AvgIpc) is 3.32. The van der Waals surface area contributed by atoms with Crippen molar-refractivity contribution in [2.45, 2.75) is 36.3 Å². The normalized spacial score (nSPS) is 15.6. The summed E-state index contributed by atoms with van der Waals surface area (Å²) < 4.78 is 63.3. The first-order chi connectivity index (χ1) is 13.4. The van der Waals surface area contributed by atoms with Crippen molar-refractivity contribution in [3.8, 4) is 6.07 Å². The number of hydrogen-bond donors (Lipinski definition) is 0. The van der Waals surface area contributed by atoms with Gasteiger partial charge in [0.1, 0.15) is 5.69 Å². The van der Waals surface area contributed by atoms with E-state index < -0.39 is 38.0 Å². The Labute approximate surface area is 167 Å². The largest absolute Gasteiger partial charge is 0.445 e. The molecule has 3 rings (SSSR count). The summed E-state index contributed by atoms with van der Waals surface area (Å²) >= 11 is 0.149. The predicted molar refractivity (Wildman–Crippen MR) is 96.1 cm³/mol. The van der Waals surface area contributed by atoms with E-state index in [4.69, 9.17) is 0 Å². The van der Waals surface area contributed by atoms with E-state index in [2.05, 4.69) is 21.3 Å². The molecule has 0 bridgehead atoms. The minimum atomic E-state index is -4.72. The fraction of sp³-hybridized carbons (Fsp3) is 0.438. The van der Waals surface area contributed by atoms with E-state index in [1.54, 1.807) is 0 Å². The van der Waals surface area contributed by atoms with Gasteiger partial charge in [0.2, 0.25) is 10.1 Å². The van der Waals surface area contributed by atoms with Crippen LogP contribution in [-0.4, -0.2) is 42.3 Å². The van der Waals surface area contributed by atoms with Crippen LogP contribution in [0.25, 0.3) is 0 Å². The molecule has 0 N–H and O–H groups in total. The number of alkyl halides is 3. The molecule has 0 unspecified atom stereocenters. The lowest BCUT2D eigenvalue weighted by molar-refractivity contribution is -0.138. The van der Waals surface area contributed by atoms with Crippen LogP contribution in [0.3, 0.4) is 0 Å². The van der Waals surface area contributed by atoms with Crippen LogP contribution in [0.2, 0.25) is 0 Å². The predicted octanol–water partition coefficient (Wildman–Crippen LogP) is 2.58. The second-order valence-electron chi connectivity index (χ2n) is 6.42. The number of rotatable bonds is 5. The monoisotopic (exact) mass is 445 g/mol. The van der Waals surface area contributed by atoms with Gasteiger partial charge in [0.05, 0.1) is 22.1 Å². The zero-order valence-corrected chi connectivity index (χ0v) is 16.8. The van der Waals surface area contributed by atoms with Gasteiger partial charge in [-0.2, -0.15) is 18.4 Å². The quantitative estimate of drug-likeness (QED) is 0.694. The molecule has 1 aliphatic rings. The van der Waals surface area contributed by atoms with E-state index in [9.17, 15) is 31.6 Å². The van der Waals surface area contributed by atoms with E-state index in [1.807, 2.05) is 0 Å². The van der Waals surface area contributed by atoms with Crippen molar-refractivity contribution in [3.05, 3.63) is 28.5 Å². The first-order valence-corrected chi connectivity index (χ1v) is 10.8. The number of pyridine rings is 1. The van der Waals surface area contributed by atoms with Crippen molar-refractivity contribution in [1.29, 1.82) is 5.26 Å². The number of anilines is 1. The number of nitrogens with zero attached hydrogens (tertiary/aromatic N) is 5. The van der Waals surface area contributed by atoms with Crippen LogP contribution in [0, 0.1) is 11.3 Å². The van der Waals surface area contributed by atoms with Crippen molar-refractivity contribution in [1.82, 2.24) is 15.2 Å². The molecule has 154 valence electrons. The number of halogens is 3. The zero-order valence-electron chi connectivity index (χ0n) is 15.2. The summed E-state index contributed by atoms with van der Waals surface area (Å²) in [6.45, 7) is 1.39. The van der Waals surface area contributed by atoms with E-state index in [1.165, 1.54) is 19.2 Å². The van der Waals surface area contributed by atoms with Gasteiger partial charge in [-0.05, 0) is 24.5 Å². The lowest BCUT2D eigenvalue weighted by Gasteiger charge is -2.16. The van der Waals surface area contributed by atoms with E-state index >= 15 is 0 Å². The molecular formula is C16H14F3N5O3S2. The number of aromatic nitrogens is 3. The Hall–Kier alpha value is -2.59. The Morgan fingerprint density at radius 2 is 2.03 bits per heavy atom. The first-order valence-electron chi connectivity index (χ1n) is 8.28. The molecule has 1 aliphatic carbocycles. The lowest BCUT2D eigenvalue weighted by Crippen LogP contribution is -2.29. The molecule has 13 heteroatoms. The first kappa shape index (κ1) is 21.1. The topological polar surface area (TPSA) is 117 Å². The maximum Gasteiger partial charge on any atom is 0.445 e. The fourth-order valence-corrected chi connectivity index (χ4v) is 4.28. The van der Waals surface area contributed by atoms with Crippen LogP contribution >= 0.6 is 11.3 Å². The standard InChI is InChI=1S/C16H14F3N5O3S2/c1-3-29(26,27)10-6-9(15(8-20)4-5-15)7-21-11(10)12(25)24(2)14-23-22-13(28-14)16(17,18)19/h6-7H,3-5H2,1-2H3. The molecule has 2 heterocycles. The number of sulfone groups is 1. The minimum absolute atomic E-state index is 0.149. The van der Waals surface area contributed by atoms with E-state index in [0.29, 0.717) is 18.4 Å². The zero-order chi connectivity index (χ0) is 21.6. The van der Waals surface area contributed by atoms with Gasteiger partial charge in [0.25, 0.3) is 5.91 Å².